The molecule has 0 bridgehead atoms. The summed E-state index contributed by atoms with van der Waals surface area (Å²) in [4.78, 5) is 10.8. The van der Waals surface area contributed by atoms with E-state index in [0.717, 1.165) is 25.3 Å². The van der Waals surface area contributed by atoms with Crippen LogP contribution < -0.4 is 10.1 Å². The summed E-state index contributed by atoms with van der Waals surface area (Å²) in [6, 6.07) is 2.42. The molecule has 1 unspecified atom stereocenters. The van der Waals surface area contributed by atoms with E-state index in [1.54, 1.807) is 7.11 Å². The van der Waals surface area contributed by atoms with Gasteiger partial charge in [-0.1, -0.05) is 6.92 Å². The first-order chi connectivity index (χ1) is 8.56. The molecule has 1 rings (SSSR count). The van der Waals surface area contributed by atoms with Crippen LogP contribution in [0.5, 0.6) is 5.88 Å². The highest BCUT2D eigenvalue weighted by molar-refractivity contribution is 5.38. The SMILES string of the molecule is CCC(C)N(C)CCNc1cc(OC)nc(C)n1. The largest absolute Gasteiger partial charge is 0.481 e. The fraction of sp³-hybridized carbons (Fsp3) is 0.692. The number of nitrogens with one attached hydrogen (secondary N) is 1. The van der Waals surface area contributed by atoms with Crippen molar-refractivity contribution in [3.8, 4) is 5.88 Å². The summed E-state index contributed by atoms with van der Waals surface area (Å²) in [6.45, 7) is 8.14. The van der Waals surface area contributed by atoms with Crippen LogP contribution >= 0.6 is 0 Å². The molecule has 0 fully saturated rings. The maximum Gasteiger partial charge on any atom is 0.218 e. The van der Waals surface area contributed by atoms with Crippen molar-refractivity contribution in [2.24, 2.45) is 0 Å². The predicted octanol–water partition coefficient (Wildman–Crippen LogP) is 1.94. The third-order valence-electron chi connectivity index (χ3n) is 3.14. The number of methoxy groups -OCH3 is 1. The minimum absolute atomic E-state index is 0.597. The molecule has 0 aliphatic carbocycles. The van der Waals surface area contributed by atoms with E-state index in [2.05, 4.69) is 41.1 Å². The van der Waals surface area contributed by atoms with Gasteiger partial charge in [-0.3, -0.25) is 0 Å². The van der Waals surface area contributed by atoms with E-state index in [1.165, 1.54) is 0 Å². The highest BCUT2D eigenvalue weighted by Crippen LogP contribution is 2.12. The van der Waals surface area contributed by atoms with Crippen LogP contribution in [-0.2, 0) is 0 Å². The normalized spacial score (nSPS) is 12.6. The van der Waals surface area contributed by atoms with E-state index in [0.29, 0.717) is 17.7 Å². The summed E-state index contributed by atoms with van der Waals surface area (Å²) in [5.41, 5.74) is 0. The molecule has 1 N–H and O–H groups in total. The average molecular weight is 252 g/mol. The lowest BCUT2D eigenvalue weighted by Gasteiger charge is -2.23. The molecule has 0 aliphatic rings. The minimum Gasteiger partial charge on any atom is -0.481 e. The molecule has 1 aromatic heterocycles. The minimum atomic E-state index is 0.597. The van der Waals surface area contributed by atoms with Gasteiger partial charge in [-0.2, -0.15) is 4.98 Å². The molecule has 0 aliphatic heterocycles. The van der Waals surface area contributed by atoms with Gasteiger partial charge in [-0.25, -0.2) is 4.98 Å². The van der Waals surface area contributed by atoms with Crippen LogP contribution in [0.15, 0.2) is 6.07 Å². The Bertz CT molecular complexity index is 370. The standard InChI is InChI=1S/C13H24N4O/c1-6-10(2)17(4)8-7-14-12-9-13(18-5)16-11(3)15-12/h9-10H,6-8H2,1-5H3,(H,14,15,16). The van der Waals surface area contributed by atoms with Gasteiger partial charge in [0.05, 0.1) is 7.11 Å². The lowest BCUT2D eigenvalue weighted by atomic mass is 10.2. The van der Waals surface area contributed by atoms with Gasteiger partial charge in [0.1, 0.15) is 11.6 Å². The maximum atomic E-state index is 5.12. The number of ether oxygens (including phenoxy) is 1. The van der Waals surface area contributed by atoms with Crippen LogP contribution in [-0.4, -0.2) is 48.2 Å². The Hall–Kier alpha value is -1.36. The predicted molar refractivity (Wildman–Crippen MR) is 74.2 cm³/mol. The van der Waals surface area contributed by atoms with Crippen molar-refractivity contribution in [1.29, 1.82) is 0 Å². The van der Waals surface area contributed by atoms with Crippen molar-refractivity contribution >= 4 is 5.82 Å². The lowest BCUT2D eigenvalue weighted by molar-refractivity contribution is 0.261. The van der Waals surface area contributed by atoms with E-state index in [-0.39, 0.29) is 0 Å². The number of hydrogen-bond acceptors (Lipinski definition) is 5. The fourth-order valence-electron chi connectivity index (χ4n) is 1.63. The highest BCUT2D eigenvalue weighted by Gasteiger charge is 2.06. The molecule has 1 aromatic rings. The van der Waals surface area contributed by atoms with Crippen LogP contribution in [0.3, 0.4) is 0 Å². The summed E-state index contributed by atoms with van der Waals surface area (Å²) >= 11 is 0. The quantitative estimate of drug-likeness (QED) is 0.803. The molecule has 18 heavy (non-hydrogen) atoms. The molecule has 0 amide bonds. The smallest absolute Gasteiger partial charge is 0.218 e. The molecule has 1 heterocycles. The molecule has 102 valence electrons. The summed E-state index contributed by atoms with van der Waals surface area (Å²) in [5.74, 6) is 2.13. The molecular weight excluding hydrogens is 228 g/mol. The number of rotatable bonds is 7. The first kappa shape index (κ1) is 14.7. The maximum absolute atomic E-state index is 5.12. The lowest BCUT2D eigenvalue weighted by Crippen LogP contribution is -2.32. The Morgan fingerprint density at radius 3 is 2.78 bits per heavy atom. The molecular formula is C13H24N4O. The Labute approximate surface area is 110 Å². The second kappa shape index (κ2) is 7.16. The third kappa shape index (κ3) is 4.49. The Kier molecular flexibility index (Phi) is 5.85. The Morgan fingerprint density at radius 2 is 2.17 bits per heavy atom. The Morgan fingerprint density at radius 1 is 1.44 bits per heavy atom. The van der Waals surface area contributed by atoms with Crippen molar-refractivity contribution in [2.45, 2.75) is 33.2 Å². The summed E-state index contributed by atoms with van der Waals surface area (Å²) in [5, 5.41) is 3.30. The van der Waals surface area contributed by atoms with Crippen LogP contribution in [0.25, 0.3) is 0 Å². The number of likely N-dealkylation sites (N-methyl/N-ethyl adjacent to an activating group) is 1. The average Bonchev–Trinajstić information content (AvgIpc) is 2.36. The van der Waals surface area contributed by atoms with E-state index in [1.807, 2.05) is 13.0 Å². The van der Waals surface area contributed by atoms with Crippen molar-refractivity contribution in [3.63, 3.8) is 0 Å². The van der Waals surface area contributed by atoms with Crippen LogP contribution in [0.1, 0.15) is 26.1 Å². The van der Waals surface area contributed by atoms with Gasteiger partial charge >= 0.3 is 0 Å². The summed E-state index contributed by atoms with van der Waals surface area (Å²) in [7, 11) is 3.75. The second-order valence-electron chi connectivity index (χ2n) is 4.51. The van der Waals surface area contributed by atoms with Gasteiger partial charge in [0.25, 0.3) is 0 Å². The second-order valence-corrected chi connectivity index (χ2v) is 4.51. The number of hydrogen-bond donors (Lipinski definition) is 1. The van der Waals surface area contributed by atoms with Gasteiger partial charge in [0, 0.05) is 25.2 Å². The van der Waals surface area contributed by atoms with Gasteiger partial charge in [0.2, 0.25) is 5.88 Å². The van der Waals surface area contributed by atoms with Crippen LogP contribution in [0.2, 0.25) is 0 Å². The molecule has 0 spiro atoms. The third-order valence-corrected chi connectivity index (χ3v) is 3.14. The molecule has 5 heteroatoms. The number of anilines is 1. The molecule has 0 saturated heterocycles. The van der Waals surface area contributed by atoms with Gasteiger partial charge in [0.15, 0.2) is 0 Å². The van der Waals surface area contributed by atoms with Crippen molar-refractivity contribution < 1.29 is 4.74 Å². The van der Waals surface area contributed by atoms with Crippen molar-refractivity contribution in [2.75, 3.05) is 32.6 Å². The van der Waals surface area contributed by atoms with Gasteiger partial charge < -0.3 is 15.0 Å². The van der Waals surface area contributed by atoms with Crippen molar-refractivity contribution in [1.82, 2.24) is 14.9 Å². The van der Waals surface area contributed by atoms with Gasteiger partial charge in [-0.05, 0) is 27.3 Å². The van der Waals surface area contributed by atoms with E-state index >= 15 is 0 Å². The zero-order valence-electron chi connectivity index (χ0n) is 12.0. The highest BCUT2D eigenvalue weighted by atomic mass is 16.5. The summed E-state index contributed by atoms with van der Waals surface area (Å²) in [6.07, 6.45) is 1.16. The molecule has 0 saturated carbocycles. The molecule has 5 nitrogen and oxygen atoms in total. The first-order valence-corrected chi connectivity index (χ1v) is 6.40. The topological polar surface area (TPSA) is 50.3 Å². The van der Waals surface area contributed by atoms with Crippen LogP contribution in [0.4, 0.5) is 5.82 Å². The fourth-order valence-corrected chi connectivity index (χ4v) is 1.63. The zero-order chi connectivity index (χ0) is 13.5. The van der Waals surface area contributed by atoms with E-state index < -0.39 is 0 Å². The first-order valence-electron chi connectivity index (χ1n) is 6.40. The van der Waals surface area contributed by atoms with E-state index in [9.17, 15) is 0 Å². The van der Waals surface area contributed by atoms with Gasteiger partial charge in [-0.15, -0.1) is 0 Å². The number of nitrogens with zero attached hydrogens (tertiary/aromatic N) is 3. The number of aromatic nitrogens is 2. The zero-order valence-corrected chi connectivity index (χ0v) is 12.0. The molecule has 0 radical (unpaired) electrons. The monoisotopic (exact) mass is 252 g/mol. The van der Waals surface area contributed by atoms with Crippen molar-refractivity contribution in [3.05, 3.63) is 11.9 Å². The number of aryl methyl sites for hydroxylation is 1. The molecule has 1 atom stereocenters. The van der Waals surface area contributed by atoms with Crippen LogP contribution in [0, 0.1) is 6.92 Å². The summed E-state index contributed by atoms with van der Waals surface area (Å²) < 4.78 is 5.12. The van der Waals surface area contributed by atoms with E-state index in [4.69, 9.17) is 4.74 Å². The molecule has 0 aromatic carbocycles. The Balaban J connectivity index is 2.46.